The number of hydrogen-bond acceptors (Lipinski definition) is 6. The molecule has 0 aliphatic heterocycles. The Bertz CT molecular complexity index is 1390. The highest BCUT2D eigenvalue weighted by Gasteiger charge is 2.25. The minimum absolute atomic E-state index is 0.0685. The number of nitrogen functional groups attached to an aromatic ring is 1. The van der Waals surface area contributed by atoms with Crippen molar-refractivity contribution in [2.45, 2.75) is 33.7 Å². The van der Waals surface area contributed by atoms with Crippen molar-refractivity contribution in [2.24, 2.45) is 11.1 Å². The lowest BCUT2D eigenvalue weighted by Gasteiger charge is -2.28. The molecule has 38 heavy (non-hydrogen) atoms. The SMILES string of the molecule is COc1ccc(-c2ccc(C(=O)N[C@H](C)C(C)(C)C)cc2C(=O)O)c(C(=O)Nc2ccc(C(=N)N)cc2)n1. The van der Waals surface area contributed by atoms with Crippen LogP contribution in [0.25, 0.3) is 11.1 Å². The van der Waals surface area contributed by atoms with Gasteiger partial charge in [0, 0.05) is 34.5 Å². The molecule has 10 heteroatoms. The molecule has 2 aromatic carbocycles. The normalized spacial score (nSPS) is 11.8. The van der Waals surface area contributed by atoms with Crippen LogP contribution in [0.15, 0.2) is 54.6 Å². The molecule has 3 aromatic rings. The van der Waals surface area contributed by atoms with Crippen molar-refractivity contribution < 1.29 is 24.2 Å². The Labute approximate surface area is 220 Å². The van der Waals surface area contributed by atoms with E-state index >= 15 is 0 Å². The first-order chi connectivity index (χ1) is 17.8. The summed E-state index contributed by atoms with van der Waals surface area (Å²) in [7, 11) is 1.40. The number of rotatable bonds is 8. The first kappa shape index (κ1) is 27.9. The van der Waals surface area contributed by atoms with E-state index in [1.807, 2.05) is 27.7 Å². The van der Waals surface area contributed by atoms with Crippen molar-refractivity contribution in [3.63, 3.8) is 0 Å². The third-order valence-electron chi connectivity index (χ3n) is 6.20. The third-order valence-corrected chi connectivity index (χ3v) is 6.20. The van der Waals surface area contributed by atoms with Gasteiger partial charge in [0.1, 0.15) is 11.5 Å². The van der Waals surface area contributed by atoms with Gasteiger partial charge >= 0.3 is 5.97 Å². The fraction of sp³-hybridized carbons (Fsp3) is 0.250. The second-order valence-electron chi connectivity index (χ2n) is 9.82. The molecule has 0 fully saturated rings. The number of amides is 2. The van der Waals surface area contributed by atoms with E-state index < -0.39 is 17.8 Å². The van der Waals surface area contributed by atoms with Gasteiger partial charge in [-0.2, -0.15) is 0 Å². The number of nitrogens with one attached hydrogen (secondary N) is 3. The molecule has 3 rings (SSSR count). The molecule has 2 amide bonds. The zero-order valence-electron chi connectivity index (χ0n) is 21.9. The summed E-state index contributed by atoms with van der Waals surface area (Å²) in [5.74, 6) is -2.21. The van der Waals surface area contributed by atoms with Crippen LogP contribution in [-0.4, -0.2) is 46.9 Å². The average molecular weight is 518 g/mol. The van der Waals surface area contributed by atoms with E-state index in [-0.39, 0.29) is 51.1 Å². The Morgan fingerprint density at radius 3 is 2.13 bits per heavy atom. The summed E-state index contributed by atoms with van der Waals surface area (Å²) in [4.78, 5) is 42.6. The predicted molar refractivity (Wildman–Crippen MR) is 145 cm³/mol. The van der Waals surface area contributed by atoms with Crippen LogP contribution >= 0.6 is 0 Å². The standard InChI is InChI=1S/C28H31N5O5/c1-15(28(2,3)4)31-25(34)17-8-11-19(21(14-17)27(36)37)20-12-13-22(38-5)33-23(20)26(35)32-18-9-6-16(7-10-18)24(29)30/h6-15H,1-5H3,(H3,29,30)(H,31,34)(H,32,35)(H,36,37)/t15-/m1/s1. The molecule has 198 valence electrons. The van der Waals surface area contributed by atoms with Crippen molar-refractivity contribution in [1.29, 1.82) is 5.41 Å². The van der Waals surface area contributed by atoms with E-state index in [1.165, 1.54) is 31.4 Å². The van der Waals surface area contributed by atoms with Gasteiger partial charge in [0.2, 0.25) is 5.88 Å². The molecule has 10 nitrogen and oxygen atoms in total. The second kappa shape index (κ2) is 11.1. The van der Waals surface area contributed by atoms with Crippen molar-refractivity contribution >= 4 is 29.3 Å². The van der Waals surface area contributed by atoms with Crippen LogP contribution in [0.5, 0.6) is 5.88 Å². The number of nitrogens with two attached hydrogens (primary N) is 1. The van der Waals surface area contributed by atoms with E-state index in [9.17, 15) is 19.5 Å². The number of benzene rings is 2. The van der Waals surface area contributed by atoms with E-state index in [0.717, 1.165) is 0 Å². The molecular weight excluding hydrogens is 486 g/mol. The molecule has 6 N–H and O–H groups in total. The molecule has 0 radical (unpaired) electrons. The number of amidine groups is 1. The molecule has 1 atom stereocenters. The lowest BCUT2D eigenvalue weighted by molar-refractivity contribution is 0.0697. The third kappa shape index (κ3) is 6.33. The number of carboxylic acids is 1. The van der Waals surface area contributed by atoms with Crippen molar-refractivity contribution in [3.05, 3.63) is 77.0 Å². The van der Waals surface area contributed by atoms with Crippen LogP contribution in [-0.2, 0) is 0 Å². The highest BCUT2D eigenvalue weighted by Crippen LogP contribution is 2.30. The Hall–Kier alpha value is -4.73. The number of methoxy groups -OCH3 is 1. The van der Waals surface area contributed by atoms with Crippen LogP contribution in [0.3, 0.4) is 0 Å². The Morgan fingerprint density at radius 2 is 1.58 bits per heavy atom. The Kier molecular flexibility index (Phi) is 8.15. The number of carbonyl (C=O) groups excluding carboxylic acids is 2. The Morgan fingerprint density at radius 1 is 0.974 bits per heavy atom. The number of pyridine rings is 1. The highest BCUT2D eigenvalue weighted by molar-refractivity contribution is 6.10. The predicted octanol–water partition coefficient (Wildman–Crippen LogP) is 4.16. The van der Waals surface area contributed by atoms with Crippen LogP contribution < -0.4 is 21.1 Å². The van der Waals surface area contributed by atoms with Crippen molar-refractivity contribution in [2.75, 3.05) is 12.4 Å². The minimum Gasteiger partial charge on any atom is -0.481 e. The monoisotopic (exact) mass is 517 g/mol. The zero-order chi connectivity index (χ0) is 28.2. The van der Waals surface area contributed by atoms with Gasteiger partial charge in [-0.25, -0.2) is 9.78 Å². The number of hydrogen-bond donors (Lipinski definition) is 5. The maximum atomic E-state index is 13.3. The van der Waals surface area contributed by atoms with Crippen molar-refractivity contribution in [1.82, 2.24) is 10.3 Å². The number of aromatic nitrogens is 1. The van der Waals surface area contributed by atoms with Gasteiger partial charge in [-0.3, -0.25) is 15.0 Å². The molecule has 0 aliphatic rings. The van der Waals surface area contributed by atoms with Gasteiger partial charge in [0.15, 0.2) is 0 Å². The molecule has 0 saturated heterocycles. The van der Waals surface area contributed by atoms with Gasteiger partial charge in [-0.1, -0.05) is 26.8 Å². The van der Waals surface area contributed by atoms with Crippen LogP contribution in [0, 0.1) is 10.8 Å². The van der Waals surface area contributed by atoms with Crippen LogP contribution in [0.4, 0.5) is 5.69 Å². The van der Waals surface area contributed by atoms with Gasteiger partial charge in [0.25, 0.3) is 11.8 Å². The number of ether oxygens (including phenoxy) is 1. The number of nitrogens with zero attached hydrogens (tertiary/aromatic N) is 1. The van der Waals surface area contributed by atoms with E-state index in [4.69, 9.17) is 15.9 Å². The van der Waals surface area contributed by atoms with E-state index in [2.05, 4.69) is 15.6 Å². The lowest BCUT2D eigenvalue weighted by atomic mass is 9.88. The molecular formula is C28H31N5O5. The molecule has 1 heterocycles. The summed E-state index contributed by atoms with van der Waals surface area (Å²) in [5, 5.41) is 23.1. The number of carboxylic acid groups (broad SMARTS) is 1. The van der Waals surface area contributed by atoms with Crippen LogP contribution in [0.2, 0.25) is 0 Å². The molecule has 0 spiro atoms. The molecule has 0 saturated carbocycles. The van der Waals surface area contributed by atoms with E-state index in [0.29, 0.717) is 11.3 Å². The zero-order valence-corrected chi connectivity index (χ0v) is 21.9. The number of anilines is 1. The maximum absolute atomic E-state index is 13.3. The highest BCUT2D eigenvalue weighted by atomic mass is 16.5. The summed E-state index contributed by atoms with van der Waals surface area (Å²) in [6.45, 7) is 7.85. The summed E-state index contributed by atoms with van der Waals surface area (Å²) in [5.41, 5.74) is 6.63. The number of aromatic carboxylic acids is 1. The van der Waals surface area contributed by atoms with Gasteiger partial charge in [0.05, 0.1) is 12.7 Å². The van der Waals surface area contributed by atoms with Crippen molar-refractivity contribution in [3.8, 4) is 17.0 Å². The molecule has 0 unspecified atom stereocenters. The minimum atomic E-state index is -1.26. The first-order valence-electron chi connectivity index (χ1n) is 11.8. The second-order valence-corrected chi connectivity index (χ2v) is 9.82. The van der Waals surface area contributed by atoms with E-state index in [1.54, 1.807) is 30.3 Å². The first-order valence-corrected chi connectivity index (χ1v) is 11.8. The summed E-state index contributed by atoms with van der Waals surface area (Å²) < 4.78 is 5.18. The summed E-state index contributed by atoms with van der Waals surface area (Å²) >= 11 is 0. The lowest BCUT2D eigenvalue weighted by Crippen LogP contribution is -2.41. The Balaban J connectivity index is 2.02. The average Bonchev–Trinajstić information content (AvgIpc) is 2.87. The fourth-order valence-electron chi connectivity index (χ4n) is 3.46. The van der Waals surface area contributed by atoms with Gasteiger partial charge in [-0.05, 0) is 60.4 Å². The number of carbonyl (C=O) groups is 3. The fourth-order valence-corrected chi connectivity index (χ4v) is 3.46. The van der Waals surface area contributed by atoms with Crippen LogP contribution in [0.1, 0.15) is 64.5 Å². The maximum Gasteiger partial charge on any atom is 0.336 e. The largest absolute Gasteiger partial charge is 0.481 e. The molecule has 0 bridgehead atoms. The quantitative estimate of drug-likeness (QED) is 0.221. The van der Waals surface area contributed by atoms with Gasteiger partial charge < -0.3 is 26.2 Å². The smallest absolute Gasteiger partial charge is 0.336 e. The molecule has 1 aromatic heterocycles. The van der Waals surface area contributed by atoms with Gasteiger partial charge in [-0.15, -0.1) is 0 Å². The molecule has 0 aliphatic carbocycles. The topological polar surface area (TPSA) is 167 Å². The summed E-state index contributed by atoms with van der Waals surface area (Å²) in [6, 6.07) is 13.5. The summed E-state index contributed by atoms with van der Waals surface area (Å²) in [6.07, 6.45) is 0.